The molecule has 0 fully saturated rings. The highest BCUT2D eigenvalue weighted by molar-refractivity contribution is 5.85. The monoisotopic (exact) mass is 375 g/mol. The van der Waals surface area contributed by atoms with E-state index in [1.54, 1.807) is 32.0 Å². The molecule has 1 N–H and O–H groups in total. The van der Waals surface area contributed by atoms with Gasteiger partial charge in [-0.25, -0.2) is 9.97 Å². The third-order valence-corrected chi connectivity index (χ3v) is 3.87. The van der Waals surface area contributed by atoms with E-state index < -0.39 is 11.7 Å². The first-order chi connectivity index (χ1) is 12.7. The smallest absolute Gasteiger partial charge is 0.419 e. The zero-order valence-corrected chi connectivity index (χ0v) is 14.8. The molecule has 0 saturated carbocycles. The molecule has 0 bridgehead atoms. The largest absolute Gasteiger partial charge is 0.493 e. The van der Waals surface area contributed by atoms with Gasteiger partial charge in [0, 0.05) is 19.7 Å². The summed E-state index contributed by atoms with van der Waals surface area (Å²) in [5, 5.41) is 9.37. The van der Waals surface area contributed by atoms with Gasteiger partial charge in [-0.1, -0.05) is 0 Å². The van der Waals surface area contributed by atoms with Gasteiger partial charge in [-0.05, 0) is 31.2 Å². The minimum Gasteiger partial charge on any atom is -0.493 e. The number of nitriles is 1. The average Bonchev–Trinajstić information content (AvgIpc) is 3.05. The van der Waals surface area contributed by atoms with E-state index in [0.29, 0.717) is 17.0 Å². The van der Waals surface area contributed by atoms with Crippen LogP contribution in [0.3, 0.4) is 0 Å². The van der Waals surface area contributed by atoms with Crippen molar-refractivity contribution in [2.75, 3.05) is 25.6 Å². The quantitative estimate of drug-likeness (QED) is 0.746. The van der Waals surface area contributed by atoms with Crippen LogP contribution in [0.5, 0.6) is 5.75 Å². The lowest BCUT2D eigenvalue weighted by molar-refractivity contribution is -0.138. The molecular formula is C18H16F3N5O. The molecule has 0 atom stereocenters. The van der Waals surface area contributed by atoms with Crippen molar-refractivity contribution < 1.29 is 17.9 Å². The third kappa shape index (κ3) is 3.51. The highest BCUT2D eigenvalue weighted by Crippen LogP contribution is 2.39. The van der Waals surface area contributed by atoms with E-state index in [1.807, 2.05) is 6.07 Å². The van der Waals surface area contributed by atoms with Gasteiger partial charge in [0.25, 0.3) is 0 Å². The molecule has 9 heteroatoms. The number of alkyl halides is 3. The number of H-pyrrole nitrogens is 1. The van der Waals surface area contributed by atoms with Gasteiger partial charge in [-0.15, -0.1) is 0 Å². The number of hydrogen-bond donors (Lipinski definition) is 1. The molecule has 0 aliphatic carbocycles. The lowest BCUT2D eigenvalue weighted by atomic mass is 10.1. The molecule has 0 aliphatic heterocycles. The molecule has 2 heterocycles. The van der Waals surface area contributed by atoms with E-state index >= 15 is 0 Å². The predicted octanol–water partition coefficient (Wildman–Crippen LogP) is 3.98. The molecule has 0 aliphatic rings. The maximum absolute atomic E-state index is 13.4. The fourth-order valence-corrected chi connectivity index (χ4v) is 2.63. The van der Waals surface area contributed by atoms with Crippen molar-refractivity contribution in [3.8, 4) is 23.1 Å². The lowest BCUT2D eigenvalue weighted by Gasteiger charge is -2.14. The number of pyridine rings is 1. The number of nitrogens with zero attached hydrogens (tertiary/aromatic N) is 4. The summed E-state index contributed by atoms with van der Waals surface area (Å²) in [6.07, 6.45) is -4.57. The fraction of sp³-hybridized carbons (Fsp3) is 0.278. The number of anilines is 1. The lowest BCUT2D eigenvalue weighted by Crippen LogP contribution is -2.09. The van der Waals surface area contributed by atoms with Gasteiger partial charge in [0.1, 0.15) is 17.3 Å². The highest BCUT2D eigenvalue weighted by Gasteiger charge is 2.35. The van der Waals surface area contributed by atoms with Gasteiger partial charge in [-0.2, -0.15) is 18.4 Å². The normalized spacial score (nSPS) is 11.4. The summed E-state index contributed by atoms with van der Waals surface area (Å²) in [4.78, 5) is 13.2. The Kier molecular flexibility index (Phi) is 4.66. The Labute approximate surface area is 153 Å². The molecule has 6 nitrogen and oxygen atoms in total. The van der Waals surface area contributed by atoms with Gasteiger partial charge in [0.15, 0.2) is 5.69 Å². The van der Waals surface area contributed by atoms with Gasteiger partial charge in [0.05, 0.1) is 23.4 Å². The predicted molar refractivity (Wildman–Crippen MR) is 94.5 cm³/mol. The van der Waals surface area contributed by atoms with Gasteiger partial charge >= 0.3 is 6.18 Å². The van der Waals surface area contributed by atoms with Crippen LogP contribution in [-0.4, -0.2) is 35.7 Å². The van der Waals surface area contributed by atoms with Crippen LogP contribution in [0.25, 0.3) is 22.3 Å². The van der Waals surface area contributed by atoms with Crippen molar-refractivity contribution in [2.24, 2.45) is 0 Å². The van der Waals surface area contributed by atoms with Crippen LogP contribution in [0.1, 0.15) is 18.2 Å². The van der Waals surface area contributed by atoms with E-state index in [-0.39, 0.29) is 29.3 Å². The van der Waals surface area contributed by atoms with Crippen LogP contribution in [0.15, 0.2) is 24.3 Å². The second kappa shape index (κ2) is 6.79. The van der Waals surface area contributed by atoms with Crippen molar-refractivity contribution in [1.29, 1.82) is 5.26 Å². The summed E-state index contributed by atoms with van der Waals surface area (Å²) < 4.78 is 45.2. The van der Waals surface area contributed by atoms with Gasteiger partial charge < -0.3 is 14.6 Å². The number of nitrogens with one attached hydrogen (secondary N) is 1. The standard InChI is InChI=1S/C18H16F3N5O/c1-4-27-15-6-5-10(7-11(15)18(19,20)21)12-8-13-16(14(9-22)23-12)25-17(24-13)26(2)3/h5-8H,4H2,1-3H3,(H,24,25). The maximum Gasteiger partial charge on any atom is 0.419 e. The Balaban J connectivity index is 2.19. The van der Waals surface area contributed by atoms with Crippen molar-refractivity contribution in [3.63, 3.8) is 0 Å². The molecule has 0 amide bonds. The maximum atomic E-state index is 13.4. The van der Waals surface area contributed by atoms with Crippen LogP contribution in [-0.2, 0) is 6.18 Å². The molecule has 140 valence electrons. The molecular weight excluding hydrogens is 359 g/mol. The summed E-state index contributed by atoms with van der Waals surface area (Å²) in [5.41, 5.74) is 0.497. The fourth-order valence-electron chi connectivity index (χ4n) is 2.63. The number of imidazole rings is 1. The van der Waals surface area contributed by atoms with Crippen molar-refractivity contribution in [1.82, 2.24) is 15.0 Å². The van der Waals surface area contributed by atoms with Gasteiger partial charge in [0.2, 0.25) is 5.95 Å². The first-order valence-electron chi connectivity index (χ1n) is 8.07. The number of halogens is 3. The first kappa shape index (κ1) is 18.5. The zero-order chi connectivity index (χ0) is 19.8. The van der Waals surface area contributed by atoms with Crippen molar-refractivity contribution >= 4 is 17.0 Å². The van der Waals surface area contributed by atoms with E-state index in [2.05, 4.69) is 15.0 Å². The number of ether oxygens (including phenoxy) is 1. The molecule has 1 aromatic carbocycles. The SMILES string of the molecule is CCOc1ccc(-c2cc3[nH]c(N(C)C)nc3c(C#N)n2)cc1C(F)(F)F. The molecule has 27 heavy (non-hydrogen) atoms. The van der Waals surface area contributed by atoms with Crippen molar-refractivity contribution in [2.45, 2.75) is 13.1 Å². The summed E-state index contributed by atoms with van der Waals surface area (Å²) >= 11 is 0. The summed E-state index contributed by atoms with van der Waals surface area (Å²) in [7, 11) is 3.56. The molecule has 0 saturated heterocycles. The van der Waals surface area contributed by atoms with Crippen LogP contribution < -0.4 is 9.64 Å². The minimum atomic E-state index is -4.57. The number of benzene rings is 1. The second-order valence-electron chi connectivity index (χ2n) is 5.96. The van der Waals surface area contributed by atoms with Crippen LogP contribution in [0.2, 0.25) is 0 Å². The van der Waals surface area contributed by atoms with E-state index in [0.717, 1.165) is 6.07 Å². The molecule has 0 spiro atoms. The molecule has 0 radical (unpaired) electrons. The summed E-state index contributed by atoms with van der Waals surface area (Å²) in [5.74, 6) is 0.273. The van der Waals surface area contributed by atoms with Gasteiger partial charge in [-0.3, -0.25) is 0 Å². The molecule has 2 aromatic heterocycles. The van der Waals surface area contributed by atoms with E-state index in [1.165, 1.54) is 12.1 Å². The third-order valence-electron chi connectivity index (χ3n) is 3.87. The number of hydrogen-bond acceptors (Lipinski definition) is 5. The number of aromatic amines is 1. The topological polar surface area (TPSA) is 77.8 Å². The number of fused-ring (bicyclic) bond motifs is 1. The van der Waals surface area contributed by atoms with E-state index in [4.69, 9.17) is 4.74 Å². The number of aromatic nitrogens is 3. The average molecular weight is 375 g/mol. The van der Waals surface area contributed by atoms with E-state index in [9.17, 15) is 18.4 Å². The zero-order valence-electron chi connectivity index (χ0n) is 14.8. The molecule has 3 rings (SSSR count). The summed E-state index contributed by atoms with van der Waals surface area (Å²) in [6, 6.07) is 7.25. The van der Waals surface area contributed by atoms with Crippen LogP contribution in [0.4, 0.5) is 19.1 Å². The second-order valence-corrected chi connectivity index (χ2v) is 5.96. The highest BCUT2D eigenvalue weighted by atomic mass is 19.4. The van der Waals surface area contributed by atoms with Crippen LogP contribution >= 0.6 is 0 Å². The Hall–Kier alpha value is -3.28. The Bertz CT molecular complexity index is 1030. The molecule has 0 unspecified atom stereocenters. The first-order valence-corrected chi connectivity index (χ1v) is 8.07. The Morgan fingerprint density at radius 2 is 1.96 bits per heavy atom. The summed E-state index contributed by atoms with van der Waals surface area (Å²) in [6.45, 7) is 1.73. The van der Waals surface area contributed by atoms with Crippen LogP contribution in [0, 0.1) is 11.3 Å². The Morgan fingerprint density at radius 1 is 1.22 bits per heavy atom. The van der Waals surface area contributed by atoms with Crippen molar-refractivity contribution in [3.05, 3.63) is 35.5 Å². The number of rotatable bonds is 4. The molecule has 3 aromatic rings. The Morgan fingerprint density at radius 3 is 2.56 bits per heavy atom. The minimum absolute atomic E-state index is 0.0364.